The fourth-order valence-corrected chi connectivity index (χ4v) is 2.23. The van der Waals surface area contributed by atoms with Gasteiger partial charge in [0.25, 0.3) is 0 Å². The van der Waals surface area contributed by atoms with E-state index in [0.29, 0.717) is 18.6 Å². The maximum atomic E-state index is 8.73. The molecule has 0 aliphatic heterocycles. The van der Waals surface area contributed by atoms with E-state index in [4.69, 9.17) is 20.8 Å². The molecule has 168 valence electrons. The van der Waals surface area contributed by atoms with Gasteiger partial charge in [0.2, 0.25) is 0 Å². The van der Waals surface area contributed by atoms with Crippen molar-refractivity contribution in [3.63, 3.8) is 0 Å². The van der Waals surface area contributed by atoms with Crippen LogP contribution in [0.15, 0.2) is 97.6 Å². The van der Waals surface area contributed by atoms with Crippen LogP contribution in [0.5, 0.6) is 0 Å². The summed E-state index contributed by atoms with van der Waals surface area (Å²) in [6, 6.07) is 20.5. The van der Waals surface area contributed by atoms with Gasteiger partial charge in [0.15, 0.2) is 0 Å². The van der Waals surface area contributed by atoms with Crippen LogP contribution in [0.3, 0.4) is 0 Å². The van der Waals surface area contributed by atoms with Crippen molar-refractivity contribution >= 4 is 48.9 Å². The van der Waals surface area contributed by atoms with Crippen molar-refractivity contribution in [1.82, 2.24) is 18.9 Å². The van der Waals surface area contributed by atoms with Crippen LogP contribution in [0.1, 0.15) is 0 Å². The molecule has 33 heavy (non-hydrogen) atoms. The van der Waals surface area contributed by atoms with E-state index in [1.165, 1.54) is 24.8 Å². The zero-order chi connectivity index (χ0) is 23.9. The summed E-state index contributed by atoms with van der Waals surface area (Å²) in [4.78, 5) is 0. The summed E-state index contributed by atoms with van der Waals surface area (Å²) < 4.78 is 5.29. The van der Waals surface area contributed by atoms with Gasteiger partial charge in [-0.05, 0) is 48.5 Å². The zero-order valence-electron chi connectivity index (χ0n) is 16.9. The molecule has 0 atom stereocenters. The van der Waals surface area contributed by atoms with E-state index < -0.39 is 0 Å². The molecule has 4 heterocycles. The van der Waals surface area contributed by atoms with E-state index in [1.54, 1.807) is 72.8 Å². The van der Waals surface area contributed by atoms with Gasteiger partial charge >= 0.3 is 26.2 Å². The molecule has 0 saturated carbocycles. The van der Waals surface area contributed by atoms with Crippen LogP contribution in [-0.2, 0) is 26.2 Å². The molecule has 0 fully saturated rings. The Labute approximate surface area is 229 Å². The molecule has 0 aliphatic rings. The van der Waals surface area contributed by atoms with Crippen molar-refractivity contribution in [2.24, 2.45) is 0 Å². The summed E-state index contributed by atoms with van der Waals surface area (Å²) in [5.74, 6) is 0. The Morgan fingerprint density at radius 3 is 0.667 bits per heavy atom. The maximum Gasteiger partial charge on any atom is 4.00 e. The normalized spacial score (nSPS) is 8.73. The number of hydrogen-bond acceptors (Lipinski definition) is 8. The molecule has 0 bridgehead atoms. The second-order valence-corrected chi connectivity index (χ2v) is 7.21. The average molecular weight is 600 g/mol. The van der Waals surface area contributed by atoms with Crippen molar-refractivity contribution in [3.05, 3.63) is 116 Å². The average Bonchev–Trinajstić information content (AvgIpc) is 2.78. The van der Waals surface area contributed by atoms with Crippen LogP contribution < -0.4 is 0 Å². The van der Waals surface area contributed by atoms with Crippen LogP contribution in [0.2, 0.25) is 0 Å². The standard InChI is InChI=1S/4C5H5NOS.Zr/c4*7-6-4-2-1-3-5(6)8;/h4*1-4,7H;/q;;;;+4. The molecule has 0 amide bonds. The fourth-order valence-electron chi connectivity index (χ4n) is 1.68. The Kier molecular flexibility index (Phi) is 15.8. The minimum absolute atomic E-state index is 0. The SMILES string of the molecule is On1ccccc1=S.On1ccccc1=S.On1ccccc1=S.On1ccccc1=S.[Zr+4]. The van der Waals surface area contributed by atoms with Gasteiger partial charge in [-0.1, -0.05) is 73.1 Å². The summed E-state index contributed by atoms with van der Waals surface area (Å²) >= 11 is 18.7. The van der Waals surface area contributed by atoms with Gasteiger partial charge in [-0.3, -0.25) is 0 Å². The summed E-state index contributed by atoms with van der Waals surface area (Å²) in [7, 11) is 0. The predicted molar refractivity (Wildman–Crippen MR) is 130 cm³/mol. The van der Waals surface area contributed by atoms with Crippen LogP contribution >= 0.6 is 48.9 Å². The summed E-state index contributed by atoms with van der Waals surface area (Å²) in [6.45, 7) is 0. The molecule has 8 nitrogen and oxygen atoms in total. The predicted octanol–water partition coefficient (Wildman–Crippen LogP) is 5.82. The quantitative estimate of drug-likeness (QED) is 0.148. The first kappa shape index (κ1) is 30.6. The van der Waals surface area contributed by atoms with Crippen molar-refractivity contribution in [1.29, 1.82) is 0 Å². The Balaban J connectivity index is 0.000000410. The summed E-state index contributed by atoms with van der Waals surface area (Å²) in [5.41, 5.74) is 0. The fraction of sp³-hybridized carbons (Fsp3) is 0. The topological polar surface area (TPSA) is 101 Å². The van der Waals surface area contributed by atoms with Gasteiger partial charge < -0.3 is 20.8 Å². The van der Waals surface area contributed by atoms with Crippen molar-refractivity contribution in [3.8, 4) is 0 Å². The van der Waals surface area contributed by atoms with Crippen LogP contribution in [-0.4, -0.2) is 39.8 Å². The smallest absolute Gasteiger partial charge is 0.428 e. The van der Waals surface area contributed by atoms with Gasteiger partial charge in [-0.25, -0.2) is 0 Å². The maximum absolute atomic E-state index is 8.73. The van der Waals surface area contributed by atoms with Gasteiger partial charge in [0, 0.05) is 24.8 Å². The van der Waals surface area contributed by atoms with Crippen molar-refractivity contribution in [2.75, 3.05) is 0 Å². The van der Waals surface area contributed by atoms with E-state index >= 15 is 0 Å². The minimum atomic E-state index is 0. The molecule has 0 radical (unpaired) electrons. The van der Waals surface area contributed by atoms with E-state index in [0.717, 1.165) is 18.9 Å². The number of aromatic nitrogens is 4. The molecular formula is C20H20N4O4S4Zr+4. The Bertz CT molecular complexity index is 1130. The first-order valence-corrected chi connectivity index (χ1v) is 10.3. The summed E-state index contributed by atoms with van der Waals surface area (Å²) in [5, 5.41) is 34.9. The van der Waals surface area contributed by atoms with E-state index in [-0.39, 0.29) is 26.2 Å². The summed E-state index contributed by atoms with van der Waals surface area (Å²) in [6.07, 6.45) is 5.95. The molecule has 0 unspecified atom stereocenters. The number of hydrogen-bond donors (Lipinski definition) is 4. The molecule has 4 aromatic heterocycles. The molecule has 0 aliphatic carbocycles. The first-order chi connectivity index (χ1) is 15.2. The molecule has 0 aromatic carbocycles. The molecular weight excluding hydrogens is 580 g/mol. The third-order valence-electron chi connectivity index (χ3n) is 3.21. The van der Waals surface area contributed by atoms with E-state index in [1.807, 2.05) is 0 Å². The first-order valence-electron chi connectivity index (χ1n) is 8.70. The van der Waals surface area contributed by atoms with Crippen molar-refractivity contribution in [2.45, 2.75) is 0 Å². The number of pyridine rings is 4. The second kappa shape index (κ2) is 17.1. The van der Waals surface area contributed by atoms with Gasteiger partial charge in [-0.2, -0.15) is 18.9 Å². The van der Waals surface area contributed by atoms with Crippen molar-refractivity contribution < 1.29 is 47.0 Å². The monoisotopic (exact) mass is 598 g/mol. The molecule has 0 spiro atoms. The number of nitrogens with zero attached hydrogens (tertiary/aromatic N) is 4. The number of rotatable bonds is 0. The molecule has 0 saturated heterocycles. The third kappa shape index (κ3) is 13.0. The molecule has 4 rings (SSSR count). The minimum Gasteiger partial charge on any atom is -0.428 e. The molecule has 13 heteroatoms. The second-order valence-electron chi connectivity index (χ2n) is 5.53. The van der Waals surface area contributed by atoms with Crippen LogP contribution in [0, 0.1) is 18.6 Å². The molecule has 4 aromatic rings. The largest absolute Gasteiger partial charge is 4.00 e. The van der Waals surface area contributed by atoms with Crippen LogP contribution in [0.4, 0.5) is 0 Å². The molecule has 4 N–H and O–H groups in total. The Morgan fingerprint density at radius 2 is 0.576 bits per heavy atom. The van der Waals surface area contributed by atoms with Gasteiger partial charge in [0.05, 0.1) is 0 Å². The van der Waals surface area contributed by atoms with E-state index in [9.17, 15) is 0 Å². The van der Waals surface area contributed by atoms with Gasteiger partial charge in [-0.15, -0.1) is 0 Å². The Hall–Kier alpha value is -2.44. The zero-order valence-corrected chi connectivity index (χ0v) is 22.7. The Morgan fingerprint density at radius 1 is 0.394 bits per heavy atom. The van der Waals surface area contributed by atoms with Gasteiger partial charge in [0.1, 0.15) is 18.6 Å². The van der Waals surface area contributed by atoms with E-state index in [2.05, 4.69) is 48.9 Å². The van der Waals surface area contributed by atoms with Crippen LogP contribution in [0.25, 0.3) is 0 Å². The third-order valence-corrected chi connectivity index (χ3v) is 4.50.